The topological polar surface area (TPSA) is 96.8 Å². The van der Waals surface area contributed by atoms with E-state index < -0.39 is 6.10 Å². The molecule has 1 fully saturated rings. The maximum atomic E-state index is 13.0. The molecule has 8 nitrogen and oxygen atoms in total. The van der Waals surface area contributed by atoms with Gasteiger partial charge in [0.05, 0.1) is 7.11 Å². The second-order valence-corrected chi connectivity index (χ2v) is 8.05. The Bertz CT molecular complexity index is 914. The molecule has 4 rings (SSSR count). The Kier molecular flexibility index (Phi) is 6.86. The predicted molar refractivity (Wildman–Crippen MR) is 117 cm³/mol. The SMILES string of the molecule is COc1cccc(OC[C@@H](O)CNC(=O)c2nc(N3CCCC3)nc3c2CCCC3)c1. The van der Waals surface area contributed by atoms with E-state index in [1.807, 2.05) is 12.1 Å². The second kappa shape index (κ2) is 9.96. The number of hydrogen-bond acceptors (Lipinski definition) is 7. The standard InChI is InChI=1S/C23H30N4O4/c1-30-17-7-6-8-18(13-17)31-15-16(28)14-24-22(29)21-19-9-2-3-10-20(19)25-23(26-21)27-11-4-5-12-27/h6-8,13,16,28H,2-5,9-12,14-15H2,1H3,(H,24,29)/t16-/m0/s1. The highest BCUT2D eigenvalue weighted by Gasteiger charge is 2.25. The zero-order chi connectivity index (χ0) is 21.6. The average molecular weight is 427 g/mol. The number of amides is 1. The molecular formula is C23H30N4O4. The number of nitrogens with one attached hydrogen (secondary N) is 1. The van der Waals surface area contributed by atoms with Gasteiger partial charge >= 0.3 is 0 Å². The largest absolute Gasteiger partial charge is 0.497 e. The van der Waals surface area contributed by atoms with E-state index in [0.717, 1.165) is 62.9 Å². The normalized spacial score (nSPS) is 16.5. The molecule has 0 bridgehead atoms. The molecule has 31 heavy (non-hydrogen) atoms. The lowest BCUT2D eigenvalue weighted by Crippen LogP contribution is -2.37. The van der Waals surface area contributed by atoms with Gasteiger partial charge in [-0.1, -0.05) is 6.07 Å². The molecule has 1 aromatic carbocycles. The number of methoxy groups -OCH3 is 1. The van der Waals surface area contributed by atoms with Gasteiger partial charge in [-0.3, -0.25) is 4.79 Å². The van der Waals surface area contributed by atoms with Crippen LogP contribution in [-0.2, 0) is 12.8 Å². The van der Waals surface area contributed by atoms with Crippen molar-refractivity contribution >= 4 is 11.9 Å². The smallest absolute Gasteiger partial charge is 0.270 e. The first-order chi connectivity index (χ1) is 15.1. The molecular weight excluding hydrogens is 396 g/mol. The molecule has 1 aromatic heterocycles. The number of ether oxygens (including phenoxy) is 2. The van der Waals surface area contributed by atoms with E-state index in [1.54, 1.807) is 19.2 Å². The lowest BCUT2D eigenvalue weighted by atomic mass is 9.94. The Morgan fingerprint density at radius 1 is 1.16 bits per heavy atom. The van der Waals surface area contributed by atoms with E-state index in [4.69, 9.17) is 14.5 Å². The molecule has 0 spiro atoms. The van der Waals surface area contributed by atoms with Crippen LogP contribution in [0.15, 0.2) is 24.3 Å². The highest BCUT2D eigenvalue weighted by Crippen LogP contribution is 2.26. The van der Waals surface area contributed by atoms with Crippen molar-refractivity contribution in [3.8, 4) is 11.5 Å². The first-order valence-electron chi connectivity index (χ1n) is 11.0. The van der Waals surface area contributed by atoms with Crippen molar-refractivity contribution in [3.63, 3.8) is 0 Å². The van der Waals surface area contributed by atoms with Crippen LogP contribution in [0.5, 0.6) is 11.5 Å². The van der Waals surface area contributed by atoms with Gasteiger partial charge in [0.15, 0.2) is 0 Å². The average Bonchev–Trinajstić information content (AvgIpc) is 3.35. The summed E-state index contributed by atoms with van der Waals surface area (Å²) in [5.41, 5.74) is 2.40. The van der Waals surface area contributed by atoms with Crippen LogP contribution in [0, 0.1) is 0 Å². The van der Waals surface area contributed by atoms with Gasteiger partial charge in [-0.05, 0) is 50.7 Å². The molecule has 1 saturated heterocycles. The van der Waals surface area contributed by atoms with Gasteiger partial charge in [0, 0.05) is 37.0 Å². The molecule has 0 saturated carbocycles. The molecule has 1 atom stereocenters. The molecule has 2 aliphatic rings. The van der Waals surface area contributed by atoms with Gasteiger partial charge in [-0.25, -0.2) is 9.97 Å². The van der Waals surface area contributed by atoms with Crippen LogP contribution in [0.4, 0.5) is 5.95 Å². The molecule has 2 heterocycles. The first-order valence-corrected chi connectivity index (χ1v) is 11.0. The number of aromatic nitrogens is 2. The molecule has 0 unspecified atom stereocenters. The van der Waals surface area contributed by atoms with Crippen molar-refractivity contribution in [2.75, 3.05) is 38.3 Å². The number of aryl methyl sites for hydroxylation is 1. The summed E-state index contributed by atoms with van der Waals surface area (Å²) in [5, 5.41) is 13.1. The number of nitrogens with zero attached hydrogens (tertiary/aromatic N) is 3. The van der Waals surface area contributed by atoms with Gasteiger partial charge in [-0.15, -0.1) is 0 Å². The maximum Gasteiger partial charge on any atom is 0.270 e. The maximum absolute atomic E-state index is 13.0. The fourth-order valence-corrected chi connectivity index (χ4v) is 4.06. The lowest BCUT2D eigenvalue weighted by Gasteiger charge is -2.22. The summed E-state index contributed by atoms with van der Waals surface area (Å²) in [5.74, 6) is 1.68. The third-order valence-electron chi connectivity index (χ3n) is 5.76. The van der Waals surface area contributed by atoms with Gasteiger partial charge in [0.25, 0.3) is 5.91 Å². The molecule has 2 aromatic rings. The van der Waals surface area contributed by atoms with Crippen molar-refractivity contribution < 1.29 is 19.4 Å². The zero-order valence-corrected chi connectivity index (χ0v) is 18.0. The fraction of sp³-hybridized carbons (Fsp3) is 0.522. The molecule has 1 aliphatic heterocycles. The molecule has 166 valence electrons. The van der Waals surface area contributed by atoms with Crippen LogP contribution in [0.25, 0.3) is 0 Å². The number of aliphatic hydroxyl groups is 1. The number of benzene rings is 1. The molecule has 0 radical (unpaired) electrons. The van der Waals surface area contributed by atoms with Gasteiger partial charge in [0.2, 0.25) is 5.95 Å². The number of carbonyl (C=O) groups is 1. The summed E-state index contributed by atoms with van der Waals surface area (Å²) >= 11 is 0. The Labute approximate surface area is 182 Å². The highest BCUT2D eigenvalue weighted by atomic mass is 16.5. The van der Waals surface area contributed by atoms with Crippen molar-refractivity contribution in [2.24, 2.45) is 0 Å². The number of anilines is 1. The second-order valence-electron chi connectivity index (χ2n) is 8.05. The summed E-state index contributed by atoms with van der Waals surface area (Å²) in [6, 6.07) is 7.18. The molecule has 2 N–H and O–H groups in total. The first kappa shape index (κ1) is 21.4. The summed E-state index contributed by atoms with van der Waals surface area (Å²) in [6.45, 7) is 2.01. The number of carbonyl (C=O) groups excluding carboxylic acids is 1. The van der Waals surface area contributed by atoms with Crippen molar-refractivity contribution in [2.45, 2.75) is 44.6 Å². The molecule has 8 heteroatoms. The number of fused-ring (bicyclic) bond motifs is 1. The van der Waals surface area contributed by atoms with Crippen LogP contribution >= 0.6 is 0 Å². The minimum atomic E-state index is -0.842. The summed E-state index contributed by atoms with van der Waals surface area (Å²) in [4.78, 5) is 24.5. The summed E-state index contributed by atoms with van der Waals surface area (Å²) in [6.07, 6.45) is 5.24. The third kappa shape index (κ3) is 5.25. The Hall–Kier alpha value is -2.87. The molecule has 1 aliphatic carbocycles. The number of aliphatic hydroxyl groups excluding tert-OH is 1. The Balaban J connectivity index is 1.38. The van der Waals surface area contributed by atoms with Crippen LogP contribution < -0.4 is 19.7 Å². The van der Waals surface area contributed by atoms with Gasteiger partial charge in [-0.2, -0.15) is 0 Å². The van der Waals surface area contributed by atoms with Crippen molar-refractivity contribution in [1.82, 2.24) is 15.3 Å². The minimum absolute atomic E-state index is 0.0638. The minimum Gasteiger partial charge on any atom is -0.497 e. The van der Waals surface area contributed by atoms with Crippen LogP contribution in [0.1, 0.15) is 47.4 Å². The Morgan fingerprint density at radius 2 is 1.94 bits per heavy atom. The van der Waals surface area contributed by atoms with Crippen molar-refractivity contribution in [1.29, 1.82) is 0 Å². The highest BCUT2D eigenvalue weighted by molar-refractivity contribution is 5.94. The quantitative estimate of drug-likeness (QED) is 0.667. The molecule has 1 amide bonds. The monoisotopic (exact) mass is 426 g/mol. The summed E-state index contributed by atoms with van der Waals surface area (Å²) < 4.78 is 10.8. The van der Waals surface area contributed by atoms with Gasteiger partial charge < -0.3 is 24.8 Å². The fourth-order valence-electron chi connectivity index (χ4n) is 4.06. The van der Waals surface area contributed by atoms with E-state index in [0.29, 0.717) is 23.1 Å². The van der Waals surface area contributed by atoms with Gasteiger partial charge in [0.1, 0.15) is 29.9 Å². The number of hydrogen-bond donors (Lipinski definition) is 2. The third-order valence-corrected chi connectivity index (χ3v) is 5.76. The predicted octanol–water partition coefficient (Wildman–Crippen LogP) is 2.13. The van der Waals surface area contributed by atoms with E-state index in [9.17, 15) is 9.90 Å². The van der Waals surface area contributed by atoms with Crippen LogP contribution in [0.2, 0.25) is 0 Å². The van der Waals surface area contributed by atoms with E-state index in [2.05, 4.69) is 15.2 Å². The van der Waals surface area contributed by atoms with E-state index in [-0.39, 0.29) is 19.1 Å². The number of rotatable bonds is 8. The van der Waals surface area contributed by atoms with E-state index >= 15 is 0 Å². The Morgan fingerprint density at radius 3 is 2.74 bits per heavy atom. The zero-order valence-electron chi connectivity index (χ0n) is 18.0. The van der Waals surface area contributed by atoms with Crippen LogP contribution in [0.3, 0.4) is 0 Å². The van der Waals surface area contributed by atoms with Crippen LogP contribution in [-0.4, -0.2) is 60.4 Å². The summed E-state index contributed by atoms with van der Waals surface area (Å²) in [7, 11) is 1.59. The van der Waals surface area contributed by atoms with E-state index in [1.165, 1.54) is 0 Å². The lowest BCUT2D eigenvalue weighted by molar-refractivity contribution is 0.0838. The van der Waals surface area contributed by atoms with Crippen molar-refractivity contribution in [3.05, 3.63) is 41.2 Å².